The summed E-state index contributed by atoms with van der Waals surface area (Å²) in [5.41, 5.74) is 33.1. The molecule has 19 unspecified atom stereocenters. The zero-order chi connectivity index (χ0) is 85.8. The van der Waals surface area contributed by atoms with Gasteiger partial charge in [0.05, 0.1) is 41.4 Å². The van der Waals surface area contributed by atoms with Gasteiger partial charge in [0.15, 0.2) is 0 Å². The highest BCUT2D eigenvalue weighted by atomic mass is 16.4. The van der Waals surface area contributed by atoms with Crippen molar-refractivity contribution in [2.24, 2.45) is 126 Å². The molecule has 25 atom stereocenters. The van der Waals surface area contributed by atoms with Gasteiger partial charge in [-0.1, -0.05) is 123 Å². The van der Waals surface area contributed by atoms with E-state index in [0.29, 0.717) is 115 Å². The predicted octanol–water partition coefficient (Wildman–Crippen LogP) is 4.21. The Morgan fingerprint density at radius 1 is 0.319 bits per heavy atom. The van der Waals surface area contributed by atoms with Gasteiger partial charge in [-0.05, 0) is 160 Å². The molecule has 0 aromatic heterocycles. The van der Waals surface area contributed by atoms with Crippen LogP contribution in [0.5, 0.6) is 0 Å². The van der Waals surface area contributed by atoms with E-state index in [1.807, 2.05) is 60.7 Å². The molecule has 35 nitrogen and oxygen atoms in total. The molecule has 0 bridgehead atoms. The Morgan fingerprint density at radius 3 is 0.922 bits per heavy atom. The molecule has 0 heterocycles. The van der Waals surface area contributed by atoms with Crippen LogP contribution < -0.4 is 40.1 Å². The van der Waals surface area contributed by atoms with Crippen molar-refractivity contribution >= 4 is 83.6 Å². The third-order valence-corrected chi connectivity index (χ3v) is 30.3. The van der Waals surface area contributed by atoms with Gasteiger partial charge in [-0.2, -0.15) is 0 Å². The first-order chi connectivity index (χ1) is 54.2. The minimum atomic E-state index is -1.46. The van der Waals surface area contributed by atoms with Gasteiger partial charge >= 0.3 is 83.6 Å². The summed E-state index contributed by atoms with van der Waals surface area (Å²) in [6.07, 6.45) is 14.2. The molecule has 13 saturated carbocycles. The molecule has 0 amide bonds. The summed E-state index contributed by atoms with van der Waals surface area (Å²) < 4.78 is 0. The van der Waals surface area contributed by atoms with Crippen LogP contribution in [0.4, 0.5) is 0 Å². The Labute approximate surface area is 663 Å². The van der Waals surface area contributed by atoms with Gasteiger partial charge in [0.1, 0.15) is 39.8 Å². The SMILES string of the molecule is NC(C(=O)O)[C@@H]1CCCC12CC2C(=O)O.NC(C(=O)O)[C@H]1CCCC12CC2C(=O)O.NC1(C(=O)O)CC2(CC2C(=O)O)c2ccccc21.N[C@@]1(C(=O)O)CCCC12C(C(=O)O)C2c1ccccc1.N[C@@]1(C(=O)O)CCCC12CC2C(=O)O.N[C@]1(C(=O)O)CCCC12C(C(=O)O)C2c1ccccc1.N[C@]1(C(=O)O)CCCC12CC2C(=O)O. The molecular formula is C81H103N7O28. The van der Waals surface area contributed by atoms with Crippen LogP contribution >= 0.6 is 0 Å². The first-order valence-corrected chi connectivity index (χ1v) is 39.0. The largest absolute Gasteiger partial charge is 0.481 e. The average molecular weight is 1620 g/mol. The van der Waals surface area contributed by atoms with E-state index in [4.69, 9.17) is 86.1 Å². The third kappa shape index (κ3) is 13.7. The molecule has 0 aliphatic heterocycles. The normalized spacial score (nSPS) is 40.4. The molecule has 35 heteroatoms. The van der Waals surface area contributed by atoms with Gasteiger partial charge in [0.25, 0.3) is 0 Å². The maximum absolute atomic E-state index is 11.6. The Morgan fingerprint density at radius 2 is 0.638 bits per heavy atom. The van der Waals surface area contributed by atoms with E-state index in [-0.39, 0.29) is 52.8 Å². The zero-order valence-electron chi connectivity index (χ0n) is 63.6. The van der Waals surface area contributed by atoms with Crippen LogP contribution in [0.15, 0.2) is 84.9 Å². The zero-order valence-corrected chi connectivity index (χ0v) is 63.6. The molecule has 0 saturated heterocycles. The van der Waals surface area contributed by atoms with Crippen molar-refractivity contribution in [3.05, 3.63) is 107 Å². The lowest BCUT2D eigenvalue weighted by molar-refractivity contribution is -0.148. The number of carbonyl (C=O) groups is 14. The molecule has 14 aliphatic carbocycles. The number of hydrogen-bond donors (Lipinski definition) is 21. The molecule has 3 aromatic carbocycles. The Hall–Kier alpha value is -10.0. The van der Waals surface area contributed by atoms with Crippen LogP contribution in [0.2, 0.25) is 0 Å². The molecule has 7 spiro atoms. The van der Waals surface area contributed by atoms with E-state index < -0.39 is 180 Å². The standard InChI is InChI=1S/2C15H17NO4.C13H13NO4.2C10H15NO4.2C9H13NO4/c2*16-15(13(19)20)8-4-7-14(15)10(11(14)12(17)18)9-5-2-1-3-6-9;14-13(11(17)18)6-12(5-9(12)10(15)16)7-3-1-2-4-8(7)13;2*11-7(9(14)15)5-2-1-3-10(5)4-6(10)8(12)13;2*10-9(7(13)14)3-1-2-8(9)4-5(8)6(11)12/h2*1-3,5-6,10-11H,4,7-8,16H2,(H,17,18)(H,19,20);1-4,9H,5-6,14H2,(H,15,16)(H,17,18);2*5-7H,1-4,11H2,(H,12,13)(H,14,15);2*5H,1-4,10H2,(H,11,12)(H,13,14)/t2*10?,11?,14?,15-;;2*5-,6?,7?,10?;2*5?,8?,9-/m10.1010/s1. The van der Waals surface area contributed by atoms with E-state index in [0.717, 1.165) is 55.2 Å². The number of rotatable bonds is 18. The second-order valence-electron chi connectivity index (χ2n) is 35.1. The van der Waals surface area contributed by atoms with Crippen molar-refractivity contribution < 1.29 is 139 Å². The number of fused-ring (bicyclic) bond motifs is 2. The summed E-state index contributed by atoms with van der Waals surface area (Å²) in [6, 6.07) is 23.7. The van der Waals surface area contributed by atoms with Crippen molar-refractivity contribution in [2.45, 2.75) is 211 Å². The van der Waals surface area contributed by atoms with Crippen LogP contribution in [0.1, 0.15) is 188 Å². The number of aliphatic carboxylic acids is 14. The van der Waals surface area contributed by atoms with Crippen molar-refractivity contribution in [1.82, 2.24) is 0 Å². The number of carboxylic acid groups (broad SMARTS) is 14. The first-order valence-electron chi connectivity index (χ1n) is 39.0. The van der Waals surface area contributed by atoms with Crippen molar-refractivity contribution in [2.75, 3.05) is 0 Å². The predicted molar refractivity (Wildman–Crippen MR) is 400 cm³/mol. The lowest BCUT2D eigenvalue weighted by Crippen LogP contribution is -2.53. The second-order valence-corrected chi connectivity index (χ2v) is 35.1. The summed E-state index contributed by atoms with van der Waals surface area (Å²) in [4.78, 5) is 156. The van der Waals surface area contributed by atoms with Gasteiger partial charge in [-0.15, -0.1) is 0 Å². The van der Waals surface area contributed by atoms with Gasteiger partial charge in [-0.25, -0.2) is 4.79 Å². The molecule has 17 rings (SSSR count). The van der Waals surface area contributed by atoms with E-state index in [1.54, 1.807) is 24.3 Å². The minimum absolute atomic E-state index is 0.156. The van der Waals surface area contributed by atoms with Crippen LogP contribution in [-0.2, 0) is 78.1 Å². The number of nitrogens with two attached hydrogens (primary N) is 7. The summed E-state index contributed by atoms with van der Waals surface area (Å²) in [5.74, 6) is -18.3. The van der Waals surface area contributed by atoms with Gasteiger partial charge in [0.2, 0.25) is 0 Å². The minimum Gasteiger partial charge on any atom is -0.481 e. The topological polar surface area (TPSA) is 704 Å². The van der Waals surface area contributed by atoms with Gasteiger partial charge in [-0.3, -0.25) is 62.3 Å². The molecule has 0 radical (unpaired) electrons. The van der Waals surface area contributed by atoms with Gasteiger partial charge in [0, 0.05) is 38.9 Å². The van der Waals surface area contributed by atoms with Crippen molar-refractivity contribution in [1.29, 1.82) is 0 Å². The van der Waals surface area contributed by atoms with E-state index in [1.165, 1.54) is 0 Å². The Kier molecular flexibility index (Phi) is 22.8. The van der Waals surface area contributed by atoms with Crippen LogP contribution in [0.25, 0.3) is 0 Å². The number of carboxylic acids is 14. The molecule has 13 fully saturated rings. The number of benzene rings is 3. The summed E-state index contributed by atoms with van der Waals surface area (Å²) >= 11 is 0. The Bertz CT molecular complexity index is 4290. The summed E-state index contributed by atoms with van der Waals surface area (Å²) in [7, 11) is 0. The van der Waals surface area contributed by atoms with Gasteiger partial charge < -0.3 is 112 Å². The first kappa shape index (κ1) is 86.8. The van der Waals surface area contributed by atoms with Crippen molar-refractivity contribution in [3.63, 3.8) is 0 Å². The second kappa shape index (κ2) is 30.5. The van der Waals surface area contributed by atoms with Crippen LogP contribution in [-0.4, -0.2) is 189 Å². The van der Waals surface area contributed by atoms with E-state index in [2.05, 4.69) is 0 Å². The fraction of sp³-hybridized carbons (Fsp3) is 0.605. The summed E-state index contributed by atoms with van der Waals surface area (Å²) in [6.45, 7) is 0. The molecule has 630 valence electrons. The van der Waals surface area contributed by atoms with E-state index >= 15 is 0 Å². The highest BCUT2D eigenvalue weighted by Gasteiger charge is 2.82. The smallest absolute Gasteiger partial charge is 0.328 e. The maximum atomic E-state index is 11.6. The molecular weight excluding hydrogens is 1520 g/mol. The molecule has 116 heavy (non-hydrogen) atoms. The number of hydrogen-bond acceptors (Lipinski definition) is 21. The third-order valence-electron chi connectivity index (χ3n) is 30.3. The quantitative estimate of drug-likeness (QED) is 0.0848. The van der Waals surface area contributed by atoms with Crippen LogP contribution in [0, 0.1) is 85.8 Å². The monoisotopic (exact) mass is 1620 g/mol. The summed E-state index contributed by atoms with van der Waals surface area (Å²) in [5, 5.41) is 128. The lowest BCUT2D eigenvalue weighted by atomic mass is 9.80. The highest BCUT2D eigenvalue weighted by Crippen LogP contribution is 2.77. The molecule has 28 N–H and O–H groups in total. The lowest BCUT2D eigenvalue weighted by Gasteiger charge is -2.28. The average Bonchev–Trinajstić information content (AvgIpc) is 1.64. The highest BCUT2D eigenvalue weighted by molar-refractivity contribution is 5.91. The fourth-order valence-electron chi connectivity index (χ4n) is 23.9. The molecule has 14 aliphatic rings. The van der Waals surface area contributed by atoms with E-state index in [9.17, 15) is 92.7 Å². The molecule has 3 aromatic rings. The van der Waals surface area contributed by atoms with Crippen LogP contribution in [0.3, 0.4) is 0 Å². The van der Waals surface area contributed by atoms with Crippen molar-refractivity contribution in [3.8, 4) is 0 Å². The maximum Gasteiger partial charge on any atom is 0.328 e. The fourth-order valence-corrected chi connectivity index (χ4v) is 23.9. The Balaban J connectivity index is 0.000000134.